The molecule has 0 bridgehead atoms. The van der Waals surface area contributed by atoms with Gasteiger partial charge in [0.05, 0.1) is 12.2 Å². The third-order valence-corrected chi connectivity index (χ3v) is 3.66. The van der Waals surface area contributed by atoms with E-state index in [0.29, 0.717) is 6.10 Å². The third kappa shape index (κ3) is 3.30. The number of likely N-dealkylation sites (N-methyl/N-ethyl adjacent to an activating group) is 1. The topological polar surface area (TPSA) is 21.3 Å². The van der Waals surface area contributed by atoms with Gasteiger partial charge in [-0.05, 0) is 44.9 Å². The van der Waals surface area contributed by atoms with Gasteiger partial charge in [0.15, 0.2) is 0 Å². The molecule has 3 atom stereocenters. The van der Waals surface area contributed by atoms with E-state index in [1.54, 1.807) is 6.07 Å². The van der Waals surface area contributed by atoms with Gasteiger partial charge < -0.3 is 10.1 Å². The molecule has 1 fully saturated rings. The lowest BCUT2D eigenvalue weighted by Gasteiger charge is -2.21. The highest BCUT2D eigenvalue weighted by Gasteiger charge is 2.26. The van der Waals surface area contributed by atoms with Crippen LogP contribution in [0.5, 0.6) is 0 Å². The number of ether oxygens (including phenoxy) is 1. The summed E-state index contributed by atoms with van der Waals surface area (Å²) in [6, 6.07) is 7.06. The van der Waals surface area contributed by atoms with Crippen LogP contribution in [0.3, 0.4) is 0 Å². The minimum atomic E-state index is -0.108. The van der Waals surface area contributed by atoms with E-state index in [-0.39, 0.29) is 17.8 Å². The molecule has 100 valence electrons. The SMILES string of the molecule is CNCC(CC1CCC(C)O1)c1ccccc1F. The van der Waals surface area contributed by atoms with Crippen LogP contribution < -0.4 is 5.32 Å². The minimum absolute atomic E-state index is 0.108. The molecule has 2 rings (SSSR count). The van der Waals surface area contributed by atoms with Crippen molar-refractivity contribution < 1.29 is 9.13 Å². The van der Waals surface area contributed by atoms with Gasteiger partial charge >= 0.3 is 0 Å². The Hall–Kier alpha value is -0.930. The lowest BCUT2D eigenvalue weighted by Crippen LogP contribution is -2.23. The predicted octanol–water partition coefficient (Wildman–Crippen LogP) is 3.09. The second-order valence-corrected chi connectivity index (χ2v) is 5.16. The molecule has 1 aliphatic rings. The first-order chi connectivity index (χ1) is 8.70. The van der Waals surface area contributed by atoms with Crippen molar-refractivity contribution in [2.45, 2.75) is 44.3 Å². The molecule has 0 radical (unpaired) electrons. The van der Waals surface area contributed by atoms with Crippen LogP contribution in [0.25, 0.3) is 0 Å². The second kappa shape index (κ2) is 6.30. The predicted molar refractivity (Wildman–Crippen MR) is 71.3 cm³/mol. The van der Waals surface area contributed by atoms with Crippen molar-refractivity contribution in [3.63, 3.8) is 0 Å². The molecule has 2 nitrogen and oxygen atoms in total. The zero-order chi connectivity index (χ0) is 13.0. The summed E-state index contributed by atoms with van der Waals surface area (Å²) >= 11 is 0. The van der Waals surface area contributed by atoms with Gasteiger partial charge in [0.1, 0.15) is 5.82 Å². The molecule has 0 aliphatic carbocycles. The quantitative estimate of drug-likeness (QED) is 0.868. The standard InChI is InChI=1S/C15H22FNO/c1-11-7-8-13(18-11)9-12(10-17-2)14-5-3-4-6-15(14)16/h3-6,11-13,17H,7-10H2,1-2H3. The summed E-state index contributed by atoms with van der Waals surface area (Å²) in [6.45, 7) is 2.89. The summed E-state index contributed by atoms with van der Waals surface area (Å²) in [4.78, 5) is 0. The van der Waals surface area contributed by atoms with Crippen molar-refractivity contribution in [2.24, 2.45) is 0 Å². The molecular formula is C15H22FNO. The summed E-state index contributed by atoms with van der Waals surface area (Å²) in [6.07, 6.45) is 3.74. The Labute approximate surface area is 109 Å². The maximum atomic E-state index is 13.8. The van der Waals surface area contributed by atoms with Gasteiger partial charge in [-0.25, -0.2) is 4.39 Å². The summed E-state index contributed by atoms with van der Waals surface area (Å²) < 4.78 is 19.7. The van der Waals surface area contributed by atoms with Gasteiger partial charge in [-0.2, -0.15) is 0 Å². The molecule has 3 heteroatoms. The molecule has 3 unspecified atom stereocenters. The Bertz CT molecular complexity index is 383. The van der Waals surface area contributed by atoms with Crippen molar-refractivity contribution in [2.75, 3.05) is 13.6 Å². The lowest BCUT2D eigenvalue weighted by molar-refractivity contribution is 0.0465. The first kappa shape index (κ1) is 13.5. The van der Waals surface area contributed by atoms with Crippen LogP contribution in [-0.2, 0) is 4.74 Å². The smallest absolute Gasteiger partial charge is 0.126 e. The fourth-order valence-corrected chi connectivity index (χ4v) is 2.75. The second-order valence-electron chi connectivity index (χ2n) is 5.16. The Kier molecular flexibility index (Phi) is 4.72. The summed E-state index contributed by atoms with van der Waals surface area (Å²) in [5, 5.41) is 3.16. The van der Waals surface area contributed by atoms with Crippen LogP contribution in [0.1, 0.15) is 37.7 Å². The highest BCUT2D eigenvalue weighted by atomic mass is 19.1. The number of nitrogens with one attached hydrogen (secondary N) is 1. The fraction of sp³-hybridized carbons (Fsp3) is 0.600. The average Bonchev–Trinajstić information content (AvgIpc) is 2.75. The average molecular weight is 251 g/mol. The molecule has 1 aromatic carbocycles. The third-order valence-electron chi connectivity index (χ3n) is 3.66. The Balaban J connectivity index is 2.06. The van der Waals surface area contributed by atoms with E-state index in [2.05, 4.69) is 12.2 Å². The van der Waals surface area contributed by atoms with Crippen molar-refractivity contribution in [1.82, 2.24) is 5.32 Å². The van der Waals surface area contributed by atoms with Gasteiger partial charge in [0, 0.05) is 12.5 Å². The number of halogens is 1. The van der Waals surface area contributed by atoms with E-state index in [0.717, 1.165) is 31.4 Å². The van der Waals surface area contributed by atoms with Gasteiger partial charge in [0.25, 0.3) is 0 Å². The van der Waals surface area contributed by atoms with Crippen molar-refractivity contribution in [3.8, 4) is 0 Å². The van der Waals surface area contributed by atoms with Crippen LogP contribution in [0.2, 0.25) is 0 Å². The molecule has 1 aliphatic heterocycles. The maximum Gasteiger partial charge on any atom is 0.126 e. The molecule has 1 saturated heterocycles. The first-order valence-corrected chi connectivity index (χ1v) is 6.75. The van der Waals surface area contributed by atoms with Crippen molar-refractivity contribution >= 4 is 0 Å². The molecule has 1 aromatic rings. The highest BCUT2D eigenvalue weighted by Crippen LogP contribution is 2.30. The van der Waals surface area contributed by atoms with Crippen LogP contribution in [-0.4, -0.2) is 25.8 Å². The summed E-state index contributed by atoms with van der Waals surface area (Å²) in [5.41, 5.74) is 0.801. The van der Waals surface area contributed by atoms with E-state index >= 15 is 0 Å². The van der Waals surface area contributed by atoms with Gasteiger partial charge in [-0.3, -0.25) is 0 Å². The lowest BCUT2D eigenvalue weighted by atomic mass is 9.91. The number of hydrogen-bond acceptors (Lipinski definition) is 2. The molecular weight excluding hydrogens is 229 g/mol. The van der Waals surface area contributed by atoms with E-state index < -0.39 is 0 Å². The number of rotatable bonds is 5. The normalized spacial score (nSPS) is 25.3. The first-order valence-electron chi connectivity index (χ1n) is 6.75. The number of hydrogen-bond donors (Lipinski definition) is 1. The molecule has 0 saturated carbocycles. The Morgan fingerprint density at radius 2 is 2.17 bits per heavy atom. The minimum Gasteiger partial charge on any atom is -0.375 e. The monoisotopic (exact) mass is 251 g/mol. The van der Waals surface area contributed by atoms with E-state index in [1.807, 2.05) is 19.2 Å². The van der Waals surface area contributed by atoms with Gasteiger partial charge in [-0.15, -0.1) is 0 Å². The maximum absolute atomic E-state index is 13.8. The molecule has 0 spiro atoms. The molecule has 1 heterocycles. The van der Waals surface area contributed by atoms with Gasteiger partial charge in [-0.1, -0.05) is 18.2 Å². The van der Waals surface area contributed by atoms with Crippen LogP contribution in [0.4, 0.5) is 4.39 Å². The Morgan fingerprint density at radius 3 is 2.78 bits per heavy atom. The van der Waals surface area contributed by atoms with E-state index in [4.69, 9.17) is 4.74 Å². The fourth-order valence-electron chi connectivity index (χ4n) is 2.75. The highest BCUT2D eigenvalue weighted by molar-refractivity contribution is 5.22. The van der Waals surface area contributed by atoms with Crippen molar-refractivity contribution in [1.29, 1.82) is 0 Å². The van der Waals surface area contributed by atoms with Crippen LogP contribution in [0, 0.1) is 5.82 Å². The van der Waals surface area contributed by atoms with Crippen LogP contribution >= 0.6 is 0 Å². The molecule has 0 amide bonds. The Morgan fingerprint density at radius 1 is 1.39 bits per heavy atom. The van der Waals surface area contributed by atoms with Crippen LogP contribution in [0.15, 0.2) is 24.3 Å². The molecule has 18 heavy (non-hydrogen) atoms. The molecule has 0 aromatic heterocycles. The molecule has 1 N–H and O–H groups in total. The van der Waals surface area contributed by atoms with E-state index in [1.165, 1.54) is 6.07 Å². The largest absolute Gasteiger partial charge is 0.375 e. The summed E-state index contributed by atoms with van der Waals surface area (Å²) in [7, 11) is 1.91. The zero-order valence-electron chi connectivity index (χ0n) is 11.2. The van der Waals surface area contributed by atoms with Gasteiger partial charge in [0.2, 0.25) is 0 Å². The van der Waals surface area contributed by atoms with Crippen molar-refractivity contribution in [3.05, 3.63) is 35.6 Å². The van der Waals surface area contributed by atoms with E-state index in [9.17, 15) is 4.39 Å². The summed E-state index contributed by atoms with van der Waals surface area (Å²) in [5.74, 6) is 0.0790. The zero-order valence-corrected chi connectivity index (χ0v) is 11.2. The number of benzene rings is 1.